The highest BCUT2D eigenvalue weighted by atomic mass is 16.3. The number of aliphatic hydroxyl groups is 1. The lowest BCUT2D eigenvalue weighted by atomic mass is 10.0. The first-order valence-corrected chi connectivity index (χ1v) is 5.75. The molecular weight excluding hydrogens is 214 g/mol. The van der Waals surface area contributed by atoms with Crippen molar-refractivity contribution in [3.05, 3.63) is 47.0 Å². The van der Waals surface area contributed by atoms with E-state index in [0.29, 0.717) is 5.69 Å². The fourth-order valence-electron chi connectivity index (χ4n) is 1.86. The molecule has 1 atom stereocenters. The molecule has 0 aliphatic carbocycles. The van der Waals surface area contributed by atoms with Crippen molar-refractivity contribution in [2.45, 2.75) is 33.4 Å². The molecule has 2 heterocycles. The van der Waals surface area contributed by atoms with E-state index in [-0.39, 0.29) is 0 Å². The van der Waals surface area contributed by atoms with E-state index < -0.39 is 6.10 Å². The van der Waals surface area contributed by atoms with Crippen molar-refractivity contribution in [2.24, 2.45) is 0 Å². The lowest BCUT2D eigenvalue weighted by Crippen LogP contribution is -2.04. The second-order valence-electron chi connectivity index (χ2n) is 4.25. The van der Waals surface area contributed by atoms with E-state index in [1.165, 1.54) is 0 Å². The van der Waals surface area contributed by atoms with Crippen molar-refractivity contribution in [1.82, 2.24) is 14.8 Å². The molecule has 4 heteroatoms. The smallest absolute Gasteiger partial charge is 0.124 e. The maximum atomic E-state index is 10.3. The highest BCUT2D eigenvalue weighted by Crippen LogP contribution is 2.22. The molecule has 2 aromatic heterocycles. The molecule has 1 unspecified atom stereocenters. The predicted octanol–water partition coefficient (Wildman–Crippen LogP) is 2.00. The number of pyridine rings is 1. The zero-order valence-electron chi connectivity index (χ0n) is 10.4. The van der Waals surface area contributed by atoms with Crippen LogP contribution in [0.5, 0.6) is 0 Å². The van der Waals surface area contributed by atoms with E-state index >= 15 is 0 Å². The third-order valence-corrected chi connectivity index (χ3v) is 2.81. The monoisotopic (exact) mass is 231 g/mol. The first-order chi connectivity index (χ1) is 8.11. The minimum absolute atomic E-state index is 0.698. The van der Waals surface area contributed by atoms with Crippen molar-refractivity contribution < 1.29 is 5.11 Å². The number of rotatable bonds is 3. The molecule has 0 radical (unpaired) electrons. The zero-order chi connectivity index (χ0) is 12.4. The Balaban J connectivity index is 2.33. The molecule has 90 valence electrons. The first-order valence-electron chi connectivity index (χ1n) is 5.75. The molecule has 2 aromatic rings. The number of aliphatic hydroxyl groups excluding tert-OH is 1. The van der Waals surface area contributed by atoms with E-state index in [1.807, 2.05) is 33.0 Å². The summed E-state index contributed by atoms with van der Waals surface area (Å²) in [5.74, 6) is 0. The number of hydrogen-bond acceptors (Lipinski definition) is 3. The average molecular weight is 231 g/mol. The third kappa shape index (κ3) is 2.36. The lowest BCUT2D eigenvalue weighted by molar-refractivity contribution is 0.214. The zero-order valence-corrected chi connectivity index (χ0v) is 10.4. The van der Waals surface area contributed by atoms with Gasteiger partial charge in [-0.15, -0.1) is 0 Å². The number of aryl methyl sites for hydroxylation is 3. The Hall–Kier alpha value is -1.68. The van der Waals surface area contributed by atoms with Crippen LogP contribution in [-0.2, 0) is 6.54 Å². The van der Waals surface area contributed by atoms with Gasteiger partial charge in [0.2, 0.25) is 0 Å². The second-order valence-corrected chi connectivity index (χ2v) is 4.25. The van der Waals surface area contributed by atoms with Crippen molar-refractivity contribution in [3.8, 4) is 0 Å². The van der Waals surface area contributed by atoms with Crippen LogP contribution in [0, 0.1) is 13.8 Å². The van der Waals surface area contributed by atoms with Gasteiger partial charge in [-0.2, -0.15) is 5.10 Å². The third-order valence-electron chi connectivity index (χ3n) is 2.81. The van der Waals surface area contributed by atoms with Crippen molar-refractivity contribution >= 4 is 0 Å². The molecule has 0 bridgehead atoms. The molecule has 0 aliphatic rings. The summed E-state index contributed by atoms with van der Waals surface area (Å²) < 4.78 is 1.79. The number of nitrogens with zero attached hydrogens (tertiary/aromatic N) is 3. The standard InChI is InChI=1S/C13H17N3O/c1-4-16-8-11(7-15-16)13(17)12-10(3)5-9(2)6-14-12/h5-8,13,17H,4H2,1-3H3. The summed E-state index contributed by atoms with van der Waals surface area (Å²) in [6.07, 6.45) is 4.62. The Kier molecular flexibility index (Phi) is 3.24. The van der Waals surface area contributed by atoms with Crippen molar-refractivity contribution in [2.75, 3.05) is 0 Å². The maximum Gasteiger partial charge on any atom is 0.124 e. The van der Waals surface area contributed by atoms with E-state index in [4.69, 9.17) is 0 Å². The molecule has 4 nitrogen and oxygen atoms in total. The molecule has 1 N–H and O–H groups in total. The Bertz CT molecular complexity index is 519. The van der Waals surface area contributed by atoms with Crippen LogP contribution in [0.2, 0.25) is 0 Å². The minimum Gasteiger partial charge on any atom is -0.382 e. The van der Waals surface area contributed by atoms with Crippen LogP contribution >= 0.6 is 0 Å². The molecule has 0 fully saturated rings. The van der Waals surface area contributed by atoms with Crippen LogP contribution in [0.3, 0.4) is 0 Å². The van der Waals surface area contributed by atoms with Crippen LogP contribution in [0.15, 0.2) is 24.7 Å². The van der Waals surface area contributed by atoms with Gasteiger partial charge in [0.1, 0.15) is 6.10 Å². The van der Waals surface area contributed by atoms with Gasteiger partial charge in [0.25, 0.3) is 0 Å². The molecule has 0 aromatic carbocycles. The molecule has 0 spiro atoms. The fraction of sp³-hybridized carbons (Fsp3) is 0.385. The number of aromatic nitrogens is 3. The van der Waals surface area contributed by atoms with Crippen LogP contribution in [0.25, 0.3) is 0 Å². The van der Waals surface area contributed by atoms with Crippen LogP contribution < -0.4 is 0 Å². The van der Waals surface area contributed by atoms with Gasteiger partial charge >= 0.3 is 0 Å². The molecule has 0 amide bonds. The quantitative estimate of drug-likeness (QED) is 0.879. The lowest BCUT2D eigenvalue weighted by Gasteiger charge is -2.11. The first kappa shape index (κ1) is 11.8. The van der Waals surface area contributed by atoms with Crippen molar-refractivity contribution in [1.29, 1.82) is 0 Å². The van der Waals surface area contributed by atoms with Gasteiger partial charge in [-0.05, 0) is 31.9 Å². The van der Waals surface area contributed by atoms with Gasteiger partial charge in [0.15, 0.2) is 0 Å². The van der Waals surface area contributed by atoms with Gasteiger partial charge in [-0.3, -0.25) is 9.67 Å². The van der Waals surface area contributed by atoms with Crippen LogP contribution in [-0.4, -0.2) is 19.9 Å². The summed E-state index contributed by atoms with van der Waals surface area (Å²) in [7, 11) is 0. The van der Waals surface area contributed by atoms with E-state index in [0.717, 1.165) is 23.2 Å². The van der Waals surface area contributed by atoms with Gasteiger partial charge in [0, 0.05) is 24.5 Å². The van der Waals surface area contributed by atoms with Gasteiger partial charge in [-0.1, -0.05) is 6.07 Å². The highest BCUT2D eigenvalue weighted by Gasteiger charge is 2.16. The van der Waals surface area contributed by atoms with Crippen molar-refractivity contribution in [3.63, 3.8) is 0 Å². The maximum absolute atomic E-state index is 10.3. The van der Waals surface area contributed by atoms with E-state index in [2.05, 4.69) is 10.1 Å². The summed E-state index contributed by atoms with van der Waals surface area (Å²) in [5, 5.41) is 14.4. The second kappa shape index (κ2) is 4.67. The molecule has 2 rings (SSSR count). The summed E-state index contributed by atoms with van der Waals surface area (Å²) >= 11 is 0. The molecule has 0 saturated carbocycles. The van der Waals surface area contributed by atoms with Crippen LogP contribution in [0.4, 0.5) is 0 Å². The largest absolute Gasteiger partial charge is 0.382 e. The molecule has 0 aliphatic heterocycles. The summed E-state index contributed by atoms with van der Waals surface area (Å²) in [4.78, 5) is 4.30. The molecule has 0 saturated heterocycles. The average Bonchev–Trinajstić information content (AvgIpc) is 2.76. The van der Waals surface area contributed by atoms with Gasteiger partial charge < -0.3 is 5.11 Å². The summed E-state index contributed by atoms with van der Waals surface area (Å²) in [6.45, 7) is 6.76. The Morgan fingerprint density at radius 1 is 1.35 bits per heavy atom. The predicted molar refractivity (Wildman–Crippen MR) is 65.7 cm³/mol. The van der Waals surface area contributed by atoms with Gasteiger partial charge in [0.05, 0.1) is 11.9 Å². The minimum atomic E-state index is -0.698. The Morgan fingerprint density at radius 3 is 2.71 bits per heavy atom. The Labute approximate surface area is 101 Å². The van der Waals surface area contributed by atoms with E-state index in [9.17, 15) is 5.11 Å². The summed E-state index contributed by atoms with van der Waals surface area (Å²) in [5.41, 5.74) is 3.59. The van der Waals surface area contributed by atoms with E-state index in [1.54, 1.807) is 17.1 Å². The molecular formula is C13H17N3O. The van der Waals surface area contributed by atoms with Crippen LogP contribution in [0.1, 0.15) is 35.4 Å². The number of hydrogen-bond donors (Lipinski definition) is 1. The molecule has 17 heavy (non-hydrogen) atoms. The topological polar surface area (TPSA) is 50.9 Å². The fourth-order valence-corrected chi connectivity index (χ4v) is 1.86. The van der Waals surface area contributed by atoms with Gasteiger partial charge in [-0.25, -0.2) is 0 Å². The Morgan fingerprint density at radius 2 is 2.12 bits per heavy atom. The highest BCUT2D eigenvalue weighted by molar-refractivity contribution is 5.30. The summed E-state index contributed by atoms with van der Waals surface area (Å²) in [6, 6.07) is 2.02. The normalized spacial score (nSPS) is 12.7. The SMILES string of the molecule is CCn1cc(C(O)c2ncc(C)cc2C)cn1.